The van der Waals surface area contributed by atoms with Gasteiger partial charge in [-0.3, -0.25) is 20.2 Å². The third kappa shape index (κ3) is 5.35. The van der Waals surface area contributed by atoms with E-state index in [0.29, 0.717) is 0 Å². The second-order valence-electron chi connectivity index (χ2n) is 4.63. The fourth-order valence-corrected chi connectivity index (χ4v) is 1.63. The maximum Gasteiger partial charge on any atom is 0.458 e. The van der Waals surface area contributed by atoms with Gasteiger partial charge >= 0.3 is 12.1 Å². The van der Waals surface area contributed by atoms with Crippen molar-refractivity contribution < 1.29 is 39.3 Å². The highest BCUT2D eigenvalue weighted by atomic mass is 16.8. The summed E-state index contributed by atoms with van der Waals surface area (Å²) >= 11 is 0. The molecular formula is C10H6N8O12. The number of hydrogen-bond acceptors (Lipinski definition) is 12. The Balaban J connectivity index is 2.88. The second kappa shape index (κ2) is 9.07. The van der Waals surface area contributed by atoms with Gasteiger partial charge in [-0.15, -0.1) is 0 Å². The quantitative estimate of drug-likeness (QED) is 0.396. The van der Waals surface area contributed by atoms with E-state index < -0.39 is 65.4 Å². The molecule has 2 N–H and O–H groups in total. The van der Waals surface area contributed by atoms with Gasteiger partial charge < -0.3 is 0 Å². The third-order valence-corrected chi connectivity index (χ3v) is 2.83. The van der Waals surface area contributed by atoms with Crippen molar-refractivity contribution in [1.29, 1.82) is 0 Å². The first-order valence-corrected chi connectivity index (χ1v) is 6.85. The summed E-state index contributed by atoms with van der Waals surface area (Å²) in [6.07, 6.45) is 0. The molecule has 0 aromatic heterocycles. The summed E-state index contributed by atoms with van der Waals surface area (Å²) in [5.74, 6) is -2.69. The molecule has 0 spiro atoms. The standard InChI is InChI=1S/C10H6N8O12/c19-7(11-9(21)13(15(23)24)16(25)26)5-1-2-6(4-3-5)8(20)12-10(22)14(17(27)28)18(29)30/h1-4H,(H,11,19,21)(H,12,20,22). The molecule has 0 saturated heterocycles. The van der Waals surface area contributed by atoms with Crippen LogP contribution in [0.2, 0.25) is 0 Å². The molecule has 30 heavy (non-hydrogen) atoms. The molecule has 0 heterocycles. The monoisotopic (exact) mass is 430 g/mol. The van der Waals surface area contributed by atoms with Crippen molar-refractivity contribution in [3.8, 4) is 0 Å². The van der Waals surface area contributed by atoms with E-state index in [9.17, 15) is 59.6 Å². The minimum atomic E-state index is -2.00. The van der Waals surface area contributed by atoms with E-state index in [1.165, 1.54) is 10.6 Å². The molecule has 0 unspecified atom stereocenters. The number of nitrogens with one attached hydrogen (secondary N) is 2. The molecule has 0 aliphatic rings. The summed E-state index contributed by atoms with van der Waals surface area (Å²) in [6.45, 7) is 0. The number of nitrogens with zero attached hydrogens (tertiary/aromatic N) is 6. The van der Waals surface area contributed by atoms with E-state index in [0.717, 1.165) is 24.3 Å². The average molecular weight is 430 g/mol. The van der Waals surface area contributed by atoms with Gasteiger partial charge in [-0.25, -0.2) is 50.0 Å². The van der Waals surface area contributed by atoms with Crippen molar-refractivity contribution in [1.82, 2.24) is 20.9 Å². The number of carbonyl (C=O) groups excluding carboxylic acids is 4. The lowest BCUT2D eigenvalue weighted by Crippen LogP contribution is -2.49. The van der Waals surface area contributed by atoms with Crippen LogP contribution in [-0.4, -0.2) is 54.2 Å². The van der Waals surface area contributed by atoms with Crippen LogP contribution in [0.1, 0.15) is 20.7 Å². The van der Waals surface area contributed by atoms with Crippen LogP contribution in [0.15, 0.2) is 24.3 Å². The lowest BCUT2D eigenvalue weighted by molar-refractivity contribution is -0.883. The first-order valence-electron chi connectivity index (χ1n) is 6.85. The largest absolute Gasteiger partial charge is 0.458 e. The molecule has 1 aromatic carbocycles. The number of nitro groups is 4. The molecule has 0 aliphatic carbocycles. The Morgan fingerprint density at radius 1 is 0.600 bits per heavy atom. The van der Waals surface area contributed by atoms with Crippen molar-refractivity contribution in [3.63, 3.8) is 0 Å². The zero-order chi connectivity index (χ0) is 23.2. The Bertz CT molecular complexity index is 853. The molecule has 0 radical (unpaired) electrons. The summed E-state index contributed by atoms with van der Waals surface area (Å²) in [7, 11) is 0. The molecule has 0 atom stereocenters. The van der Waals surface area contributed by atoms with Gasteiger partial charge in [-0.2, -0.15) is 0 Å². The lowest BCUT2D eigenvalue weighted by atomic mass is 10.1. The van der Waals surface area contributed by atoms with Gasteiger partial charge in [0.2, 0.25) is 20.1 Å². The number of rotatable bonds is 6. The molecule has 20 nitrogen and oxygen atoms in total. The molecule has 0 aliphatic heterocycles. The lowest BCUT2D eigenvalue weighted by Gasteiger charge is -2.06. The van der Waals surface area contributed by atoms with Crippen molar-refractivity contribution in [2.24, 2.45) is 0 Å². The molecule has 6 amide bonds. The molecule has 0 bridgehead atoms. The summed E-state index contributed by atoms with van der Waals surface area (Å²) < 4.78 is 0. The van der Waals surface area contributed by atoms with Gasteiger partial charge in [0.25, 0.3) is 22.1 Å². The number of amides is 6. The highest BCUT2D eigenvalue weighted by molar-refractivity contribution is 6.06. The predicted molar refractivity (Wildman–Crippen MR) is 83.8 cm³/mol. The Labute approximate surface area is 161 Å². The average Bonchev–Trinajstić information content (AvgIpc) is 2.60. The highest BCUT2D eigenvalue weighted by Gasteiger charge is 2.39. The Kier molecular flexibility index (Phi) is 6.87. The SMILES string of the molecule is O=C(NC(=O)N([N+](=O)[O-])[N+](=O)[O-])c1ccc(C(=O)NC(=O)N([N+](=O)[O-])[N+](=O)[O-])cc1. The number of benzene rings is 1. The number of hydrogen-bond donors (Lipinski definition) is 2. The van der Waals surface area contributed by atoms with Gasteiger partial charge in [0.1, 0.15) is 0 Å². The minimum Gasteiger partial charge on any atom is -0.269 e. The number of carbonyl (C=O) groups is 4. The second-order valence-corrected chi connectivity index (χ2v) is 4.63. The fraction of sp³-hybridized carbons (Fsp3) is 0. The molecule has 1 rings (SSSR count). The van der Waals surface area contributed by atoms with Crippen LogP contribution in [0.3, 0.4) is 0 Å². The van der Waals surface area contributed by atoms with Crippen molar-refractivity contribution >= 4 is 23.9 Å². The maximum atomic E-state index is 11.8. The molecule has 0 saturated carbocycles. The highest BCUT2D eigenvalue weighted by Crippen LogP contribution is 2.06. The summed E-state index contributed by atoms with van der Waals surface area (Å²) in [6, 6.07) is -0.649. The van der Waals surface area contributed by atoms with Crippen LogP contribution in [-0.2, 0) is 0 Å². The zero-order valence-corrected chi connectivity index (χ0v) is 13.9. The Morgan fingerprint density at radius 2 is 0.833 bits per heavy atom. The first-order chi connectivity index (χ1) is 13.9. The summed E-state index contributed by atoms with van der Waals surface area (Å²) in [5.41, 5.74) is -0.842. The van der Waals surface area contributed by atoms with Gasteiger partial charge in [-0.1, -0.05) is 0 Å². The van der Waals surface area contributed by atoms with Gasteiger partial charge in [0.05, 0.1) is 0 Å². The van der Waals surface area contributed by atoms with E-state index in [2.05, 4.69) is 0 Å². The van der Waals surface area contributed by atoms with Crippen LogP contribution < -0.4 is 10.6 Å². The summed E-state index contributed by atoms with van der Waals surface area (Å²) in [4.78, 5) is 87.9. The first kappa shape index (κ1) is 22.7. The maximum absolute atomic E-state index is 11.8. The zero-order valence-electron chi connectivity index (χ0n) is 13.9. The number of imide groups is 2. The minimum absolute atomic E-state index is 0.421. The van der Waals surface area contributed by atoms with E-state index in [1.807, 2.05) is 0 Å². The Morgan fingerprint density at radius 3 is 1.03 bits per heavy atom. The van der Waals surface area contributed by atoms with Crippen molar-refractivity contribution in [2.75, 3.05) is 0 Å². The van der Waals surface area contributed by atoms with Gasteiger partial charge in [-0.05, 0) is 24.3 Å². The van der Waals surface area contributed by atoms with E-state index in [4.69, 9.17) is 0 Å². The molecule has 0 fully saturated rings. The fourth-order valence-electron chi connectivity index (χ4n) is 1.63. The van der Waals surface area contributed by atoms with E-state index in [1.54, 1.807) is 0 Å². The van der Waals surface area contributed by atoms with E-state index in [-0.39, 0.29) is 0 Å². The van der Waals surface area contributed by atoms with Crippen LogP contribution in [0.5, 0.6) is 0 Å². The van der Waals surface area contributed by atoms with Crippen molar-refractivity contribution in [3.05, 3.63) is 75.8 Å². The van der Waals surface area contributed by atoms with Crippen LogP contribution >= 0.6 is 0 Å². The summed E-state index contributed by atoms with van der Waals surface area (Å²) in [5, 5.41) is 35.3. The topological polar surface area (TPSA) is 271 Å². The molecule has 158 valence electrons. The van der Waals surface area contributed by atoms with Gasteiger partial charge in [0.15, 0.2) is 0 Å². The van der Waals surface area contributed by atoms with Crippen molar-refractivity contribution in [2.45, 2.75) is 0 Å². The van der Waals surface area contributed by atoms with Crippen LogP contribution in [0.4, 0.5) is 9.59 Å². The van der Waals surface area contributed by atoms with Crippen LogP contribution in [0.25, 0.3) is 0 Å². The predicted octanol–water partition coefficient (Wildman–Crippen LogP) is -1.24. The third-order valence-electron chi connectivity index (χ3n) is 2.83. The normalized spacial score (nSPS) is 9.60. The van der Waals surface area contributed by atoms with Crippen LogP contribution in [0, 0.1) is 40.5 Å². The van der Waals surface area contributed by atoms with Gasteiger partial charge in [0, 0.05) is 11.1 Å². The smallest absolute Gasteiger partial charge is 0.269 e. The number of urea groups is 2. The number of hydrazine groups is 4. The molecule has 20 heteroatoms. The Hall–Kier alpha value is -5.30. The van der Waals surface area contributed by atoms with E-state index >= 15 is 0 Å². The molecular weight excluding hydrogens is 424 g/mol. The molecule has 1 aromatic rings.